The van der Waals surface area contributed by atoms with Gasteiger partial charge in [-0.15, -0.1) is 11.6 Å². The molecule has 2 amide bonds. The highest BCUT2D eigenvalue weighted by Crippen LogP contribution is 2.19. The summed E-state index contributed by atoms with van der Waals surface area (Å²) in [6.07, 6.45) is -2.91. The van der Waals surface area contributed by atoms with Gasteiger partial charge >= 0.3 is 6.09 Å². The smallest absolute Gasteiger partial charge is 0.407 e. The van der Waals surface area contributed by atoms with Crippen LogP contribution in [0.15, 0.2) is 54.6 Å². The molecular formula is C20H23ClN2O5. The summed E-state index contributed by atoms with van der Waals surface area (Å²) in [5, 5.41) is 25.4. The van der Waals surface area contributed by atoms with Crippen LogP contribution in [0.3, 0.4) is 0 Å². The number of rotatable bonds is 9. The minimum Gasteiger partial charge on any atom is -0.445 e. The molecule has 0 aliphatic heterocycles. The molecule has 0 aliphatic carbocycles. The number of amides is 2. The largest absolute Gasteiger partial charge is 0.445 e. The molecule has 0 saturated carbocycles. The van der Waals surface area contributed by atoms with E-state index >= 15 is 0 Å². The average Bonchev–Trinajstić information content (AvgIpc) is 2.71. The van der Waals surface area contributed by atoms with Crippen molar-refractivity contribution < 1.29 is 24.5 Å². The predicted octanol–water partition coefficient (Wildman–Crippen LogP) is 2.57. The third-order valence-electron chi connectivity index (χ3n) is 3.89. The van der Waals surface area contributed by atoms with Crippen LogP contribution in [0.4, 0.5) is 10.5 Å². The summed E-state index contributed by atoms with van der Waals surface area (Å²) in [6, 6.07) is 15.6. The Morgan fingerprint density at radius 3 is 2.36 bits per heavy atom. The molecule has 0 saturated heterocycles. The topological polar surface area (TPSA) is 108 Å². The van der Waals surface area contributed by atoms with Crippen LogP contribution in [0.25, 0.3) is 0 Å². The summed E-state index contributed by atoms with van der Waals surface area (Å²) in [4.78, 5) is 23.2. The van der Waals surface area contributed by atoms with Gasteiger partial charge in [-0.3, -0.25) is 4.79 Å². The summed E-state index contributed by atoms with van der Waals surface area (Å²) < 4.78 is 5.04. The molecule has 7 nitrogen and oxygen atoms in total. The van der Waals surface area contributed by atoms with Crippen molar-refractivity contribution in [3.63, 3.8) is 0 Å². The van der Waals surface area contributed by atoms with Crippen molar-refractivity contribution in [3.8, 4) is 0 Å². The lowest BCUT2D eigenvalue weighted by atomic mass is 10.0. The monoisotopic (exact) mass is 406 g/mol. The summed E-state index contributed by atoms with van der Waals surface area (Å²) in [7, 11) is 0. The third kappa shape index (κ3) is 7.19. The molecule has 150 valence electrons. The van der Waals surface area contributed by atoms with E-state index in [0.29, 0.717) is 11.3 Å². The van der Waals surface area contributed by atoms with Crippen LogP contribution in [0, 0.1) is 0 Å². The van der Waals surface area contributed by atoms with Crippen LogP contribution < -0.4 is 10.6 Å². The van der Waals surface area contributed by atoms with Gasteiger partial charge in [-0.2, -0.15) is 0 Å². The maximum absolute atomic E-state index is 11.7. The number of aliphatic hydroxyl groups is 2. The van der Waals surface area contributed by atoms with Crippen LogP contribution in [-0.4, -0.2) is 40.7 Å². The molecule has 0 aromatic heterocycles. The van der Waals surface area contributed by atoms with Crippen molar-refractivity contribution in [3.05, 3.63) is 65.7 Å². The SMILES string of the molecule is O=C(CCCl)Nc1ccc(C(O)C(O)CNC(=O)OCc2ccccc2)cc1. The number of anilines is 1. The molecule has 0 fully saturated rings. The molecule has 2 aromatic carbocycles. The van der Waals surface area contributed by atoms with E-state index in [1.807, 2.05) is 30.3 Å². The van der Waals surface area contributed by atoms with Gasteiger partial charge in [-0.05, 0) is 23.3 Å². The number of hydrogen-bond acceptors (Lipinski definition) is 5. The maximum atomic E-state index is 11.7. The Labute approximate surface area is 168 Å². The van der Waals surface area contributed by atoms with Crippen molar-refractivity contribution >= 4 is 29.3 Å². The van der Waals surface area contributed by atoms with Crippen LogP contribution in [0.1, 0.15) is 23.7 Å². The van der Waals surface area contributed by atoms with E-state index in [9.17, 15) is 19.8 Å². The molecular weight excluding hydrogens is 384 g/mol. The average molecular weight is 407 g/mol. The predicted molar refractivity (Wildman–Crippen MR) is 106 cm³/mol. The van der Waals surface area contributed by atoms with Gasteiger partial charge in [0.15, 0.2) is 0 Å². The van der Waals surface area contributed by atoms with Gasteiger partial charge in [0, 0.05) is 24.5 Å². The molecule has 4 N–H and O–H groups in total. The molecule has 0 spiro atoms. The zero-order chi connectivity index (χ0) is 20.4. The van der Waals surface area contributed by atoms with E-state index < -0.39 is 18.3 Å². The van der Waals surface area contributed by atoms with Crippen LogP contribution in [0.5, 0.6) is 0 Å². The lowest BCUT2D eigenvalue weighted by molar-refractivity contribution is -0.115. The highest BCUT2D eigenvalue weighted by Gasteiger charge is 2.19. The number of aliphatic hydroxyl groups excluding tert-OH is 2. The standard InChI is InChI=1S/C20H23ClN2O5/c21-11-10-18(25)23-16-8-6-15(7-9-16)19(26)17(24)12-22-20(27)28-13-14-4-2-1-3-5-14/h1-9,17,19,24,26H,10-13H2,(H,22,27)(H,23,25). The van der Waals surface area contributed by atoms with Crippen molar-refractivity contribution in [2.24, 2.45) is 0 Å². The molecule has 0 aliphatic rings. The zero-order valence-electron chi connectivity index (χ0n) is 15.2. The summed E-state index contributed by atoms with van der Waals surface area (Å²) in [5.74, 6) is 0.0249. The Bertz CT molecular complexity index is 755. The van der Waals surface area contributed by atoms with E-state index in [4.69, 9.17) is 16.3 Å². The summed E-state index contributed by atoms with van der Waals surface area (Å²) in [5.41, 5.74) is 1.85. The first-order valence-corrected chi connectivity index (χ1v) is 9.29. The Kier molecular flexibility index (Phi) is 8.74. The van der Waals surface area contributed by atoms with Gasteiger partial charge in [0.25, 0.3) is 0 Å². The molecule has 8 heteroatoms. The quantitative estimate of drug-likeness (QED) is 0.479. The second kappa shape index (κ2) is 11.3. The van der Waals surface area contributed by atoms with Gasteiger partial charge in [0.2, 0.25) is 5.91 Å². The number of halogens is 1. The molecule has 2 rings (SSSR count). The van der Waals surface area contributed by atoms with Crippen LogP contribution in [0.2, 0.25) is 0 Å². The highest BCUT2D eigenvalue weighted by molar-refractivity contribution is 6.19. The van der Waals surface area contributed by atoms with E-state index in [0.717, 1.165) is 5.56 Å². The number of benzene rings is 2. The molecule has 0 heterocycles. The Morgan fingerprint density at radius 2 is 1.71 bits per heavy atom. The first-order valence-electron chi connectivity index (χ1n) is 8.76. The molecule has 2 unspecified atom stereocenters. The van der Waals surface area contributed by atoms with Crippen molar-refractivity contribution in [1.82, 2.24) is 5.32 Å². The zero-order valence-corrected chi connectivity index (χ0v) is 15.9. The molecule has 0 radical (unpaired) electrons. The lowest BCUT2D eigenvalue weighted by Gasteiger charge is -2.19. The lowest BCUT2D eigenvalue weighted by Crippen LogP contribution is -2.35. The van der Waals surface area contributed by atoms with Gasteiger partial charge in [0.1, 0.15) is 18.8 Å². The number of carbonyl (C=O) groups is 2. The number of alkyl carbamates (subject to hydrolysis) is 1. The number of nitrogens with one attached hydrogen (secondary N) is 2. The number of ether oxygens (including phenoxy) is 1. The third-order valence-corrected chi connectivity index (χ3v) is 4.08. The molecule has 28 heavy (non-hydrogen) atoms. The van der Waals surface area contributed by atoms with E-state index in [1.54, 1.807) is 24.3 Å². The minimum absolute atomic E-state index is 0.113. The second-order valence-corrected chi connectivity index (χ2v) is 6.44. The fourth-order valence-electron chi connectivity index (χ4n) is 2.37. The molecule has 2 atom stereocenters. The van der Waals surface area contributed by atoms with Crippen molar-refractivity contribution in [2.75, 3.05) is 17.7 Å². The first kappa shape index (κ1) is 21.7. The summed E-state index contributed by atoms with van der Waals surface area (Å²) >= 11 is 5.51. The Hall–Kier alpha value is -2.61. The van der Waals surface area contributed by atoms with E-state index in [1.165, 1.54) is 0 Å². The van der Waals surface area contributed by atoms with Gasteiger partial charge < -0.3 is 25.6 Å². The van der Waals surface area contributed by atoms with Crippen LogP contribution in [-0.2, 0) is 16.1 Å². The van der Waals surface area contributed by atoms with Gasteiger partial charge in [-0.1, -0.05) is 42.5 Å². The van der Waals surface area contributed by atoms with E-state index in [2.05, 4.69) is 10.6 Å². The van der Waals surface area contributed by atoms with Crippen molar-refractivity contribution in [1.29, 1.82) is 0 Å². The Morgan fingerprint density at radius 1 is 1.04 bits per heavy atom. The highest BCUT2D eigenvalue weighted by atomic mass is 35.5. The second-order valence-electron chi connectivity index (χ2n) is 6.06. The first-order chi connectivity index (χ1) is 13.5. The number of carbonyl (C=O) groups excluding carboxylic acids is 2. The number of hydrogen-bond donors (Lipinski definition) is 4. The van der Waals surface area contributed by atoms with Gasteiger partial charge in [-0.25, -0.2) is 4.79 Å². The van der Waals surface area contributed by atoms with E-state index in [-0.39, 0.29) is 31.4 Å². The molecule has 2 aromatic rings. The molecule has 0 bridgehead atoms. The number of alkyl halides is 1. The maximum Gasteiger partial charge on any atom is 0.407 e. The van der Waals surface area contributed by atoms with Crippen LogP contribution >= 0.6 is 11.6 Å². The summed E-state index contributed by atoms with van der Waals surface area (Å²) in [6.45, 7) is -0.0643. The fourth-order valence-corrected chi connectivity index (χ4v) is 2.54. The Balaban J connectivity index is 1.77. The van der Waals surface area contributed by atoms with Gasteiger partial charge in [0.05, 0.1) is 0 Å². The fraction of sp³-hybridized carbons (Fsp3) is 0.300. The van der Waals surface area contributed by atoms with Crippen molar-refractivity contribution in [2.45, 2.75) is 25.2 Å². The normalized spacial score (nSPS) is 12.7. The minimum atomic E-state index is -1.22.